The molecular formula is C14H20N4OS. The third-order valence-corrected chi connectivity index (χ3v) is 4.09. The van der Waals surface area contributed by atoms with E-state index in [0.29, 0.717) is 18.3 Å². The van der Waals surface area contributed by atoms with Crippen LogP contribution in [0, 0.1) is 6.92 Å². The molecule has 20 heavy (non-hydrogen) atoms. The summed E-state index contributed by atoms with van der Waals surface area (Å²) in [5.74, 6) is 2.06. The zero-order valence-electron chi connectivity index (χ0n) is 12.3. The molecule has 0 aromatic carbocycles. The van der Waals surface area contributed by atoms with Crippen molar-refractivity contribution < 1.29 is 4.74 Å². The summed E-state index contributed by atoms with van der Waals surface area (Å²) < 4.78 is 5.43. The van der Waals surface area contributed by atoms with Gasteiger partial charge in [0.05, 0.1) is 12.6 Å². The fourth-order valence-electron chi connectivity index (χ4n) is 1.81. The molecule has 1 unspecified atom stereocenters. The highest BCUT2D eigenvalue weighted by atomic mass is 32.1. The summed E-state index contributed by atoms with van der Waals surface area (Å²) in [6.07, 6.45) is 2.96. The first-order valence-corrected chi connectivity index (χ1v) is 7.63. The Labute approximate surface area is 123 Å². The van der Waals surface area contributed by atoms with E-state index in [1.807, 2.05) is 26.1 Å². The largest absolute Gasteiger partial charge is 0.478 e. The second-order valence-corrected chi connectivity index (χ2v) is 5.60. The van der Waals surface area contributed by atoms with Crippen LogP contribution in [0.4, 0.5) is 5.82 Å². The van der Waals surface area contributed by atoms with Gasteiger partial charge in [0, 0.05) is 17.1 Å². The van der Waals surface area contributed by atoms with Crippen molar-refractivity contribution in [3.63, 3.8) is 0 Å². The molecule has 108 valence electrons. The molecule has 2 heterocycles. The molecular weight excluding hydrogens is 272 g/mol. The molecule has 0 saturated carbocycles. The van der Waals surface area contributed by atoms with E-state index in [1.165, 1.54) is 4.88 Å². The van der Waals surface area contributed by atoms with Crippen molar-refractivity contribution in [1.29, 1.82) is 0 Å². The number of thiazole rings is 1. The number of hydrogen-bond acceptors (Lipinski definition) is 6. The monoisotopic (exact) mass is 292 g/mol. The van der Waals surface area contributed by atoms with Gasteiger partial charge in [-0.3, -0.25) is 0 Å². The summed E-state index contributed by atoms with van der Waals surface area (Å²) in [7, 11) is 0. The van der Waals surface area contributed by atoms with E-state index in [9.17, 15) is 0 Å². The van der Waals surface area contributed by atoms with Crippen molar-refractivity contribution in [2.45, 2.75) is 40.2 Å². The maximum Gasteiger partial charge on any atom is 0.218 e. The van der Waals surface area contributed by atoms with E-state index in [4.69, 9.17) is 4.74 Å². The average Bonchev–Trinajstić information content (AvgIpc) is 2.87. The number of aromatic nitrogens is 3. The second kappa shape index (κ2) is 6.65. The van der Waals surface area contributed by atoms with Crippen LogP contribution in [0.2, 0.25) is 0 Å². The van der Waals surface area contributed by atoms with E-state index >= 15 is 0 Å². The molecule has 2 rings (SSSR count). The fourth-order valence-corrected chi connectivity index (χ4v) is 2.67. The van der Waals surface area contributed by atoms with Crippen molar-refractivity contribution >= 4 is 17.2 Å². The van der Waals surface area contributed by atoms with E-state index in [0.717, 1.165) is 17.2 Å². The number of anilines is 1. The van der Waals surface area contributed by atoms with Crippen LogP contribution >= 0.6 is 11.3 Å². The molecule has 0 fully saturated rings. The topological polar surface area (TPSA) is 59.9 Å². The Morgan fingerprint density at radius 3 is 2.80 bits per heavy atom. The van der Waals surface area contributed by atoms with Gasteiger partial charge in [-0.05, 0) is 27.2 Å². The molecule has 1 atom stereocenters. The van der Waals surface area contributed by atoms with Gasteiger partial charge in [0.25, 0.3) is 0 Å². The third kappa shape index (κ3) is 3.66. The lowest BCUT2D eigenvalue weighted by atomic mass is 10.3. The number of nitrogens with zero attached hydrogens (tertiary/aromatic N) is 3. The average molecular weight is 292 g/mol. The first-order chi connectivity index (χ1) is 9.62. The maximum atomic E-state index is 5.43. The van der Waals surface area contributed by atoms with E-state index in [2.05, 4.69) is 34.1 Å². The molecule has 0 aliphatic carbocycles. The van der Waals surface area contributed by atoms with Crippen LogP contribution < -0.4 is 10.1 Å². The van der Waals surface area contributed by atoms with Crippen LogP contribution in [0.5, 0.6) is 5.88 Å². The van der Waals surface area contributed by atoms with Gasteiger partial charge in [-0.15, -0.1) is 11.3 Å². The van der Waals surface area contributed by atoms with E-state index in [-0.39, 0.29) is 6.04 Å². The highest BCUT2D eigenvalue weighted by molar-refractivity contribution is 7.11. The molecule has 2 aromatic heterocycles. The number of aryl methyl sites for hydroxylation is 2. The van der Waals surface area contributed by atoms with Crippen LogP contribution in [-0.2, 0) is 6.42 Å². The van der Waals surface area contributed by atoms with Crippen LogP contribution in [0.3, 0.4) is 0 Å². The highest BCUT2D eigenvalue weighted by Crippen LogP contribution is 2.24. The summed E-state index contributed by atoms with van der Waals surface area (Å²) in [5.41, 5.74) is 0. The van der Waals surface area contributed by atoms with Crippen molar-refractivity contribution in [2.75, 3.05) is 11.9 Å². The van der Waals surface area contributed by atoms with Gasteiger partial charge in [-0.1, -0.05) is 6.92 Å². The Morgan fingerprint density at radius 1 is 1.35 bits per heavy atom. The summed E-state index contributed by atoms with van der Waals surface area (Å²) in [6, 6.07) is 1.94. The van der Waals surface area contributed by atoms with Crippen molar-refractivity contribution in [2.24, 2.45) is 0 Å². The zero-order chi connectivity index (χ0) is 14.5. The van der Waals surface area contributed by atoms with Crippen LogP contribution in [0.1, 0.15) is 42.5 Å². The molecule has 2 aromatic rings. The Kier molecular flexibility index (Phi) is 4.89. The smallest absolute Gasteiger partial charge is 0.218 e. The fraction of sp³-hybridized carbons (Fsp3) is 0.500. The summed E-state index contributed by atoms with van der Waals surface area (Å²) in [4.78, 5) is 14.4. The second-order valence-electron chi connectivity index (χ2n) is 4.46. The predicted octanol–water partition coefficient (Wildman–Crippen LogP) is 3.38. The van der Waals surface area contributed by atoms with Crippen molar-refractivity contribution in [3.8, 4) is 5.88 Å². The molecule has 0 radical (unpaired) electrons. The molecule has 0 bridgehead atoms. The molecule has 0 aliphatic rings. The lowest BCUT2D eigenvalue weighted by Crippen LogP contribution is -2.09. The van der Waals surface area contributed by atoms with Crippen molar-refractivity contribution in [3.05, 3.63) is 28.0 Å². The summed E-state index contributed by atoms with van der Waals surface area (Å²) in [6.45, 7) is 8.61. The first-order valence-electron chi connectivity index (χ1n) is 6.82. The molecule has 0 spiro atoms. The minimum absolute atomic E-state index is 0.115. The predicted molar refractivity (Wildman–Crippen MR) is 81.5 cm³/mol. The minimum Gasteiger partial charge on any atom is -0.478 e. The SMILES string of the molecule is CCOc1cc(NC(C)c2ncc(CC)s2)nc(C)n1. The maximum absolute atomic E-state index is 5.43. The number of ether oxygens (including phenoxy) is 1. The Balaban J connectivity index is 2.12. The normalized spacial score (nSPS) is 12.2. The Bertz CT molecular complexity index is 570. The lowest BCUT2D eigenvalue weighted by molar-refractivity contribution is 0.325. The van der Waals surface area contributed by atoms with Crippen LogP contribution in [0.25, 0.3) is 0 Å². The minimum atomic E-state index is 0.115. The van der Waals surface area contributed by atoms with Crippen LogP contribution in [-0.4, -0.2) is 21.6 Å². The molecule has 5 nitrogen and oxygen atoms in total. The van der Waals surface area contributed by atoms with E-state index < -0.39 is 0 Å². The highest BCUT2D eigenvalue weighted by Gasteiger charge is 2.12. The van der Waals surface area contributed by atoms with Crippen LogP contribution in [0.15, 0.2) is 12.3 Å². The Morgan fingerprint density at radius 2 is 2.15 bits per heavy atom. The van der Waals surface area contributed by atoms with Gasteiger partial charge in [-0.2, -0.15) is 4.98 Å². The van der Waals surface area contributed by atoms with Gasteiger partial charge in [0.15, 0.2) is 0 Å². The van der Waals surface area contributed by atoms with E-state index in [1.54, 1.807) is 11.3 Å². The quantitative estimate of drug-likeness (QED) is 0.884. The van der Waals surface area contributed by atoms with Gasteiger partial charge in [0.2, 0.25) is 5.88 Å². The zero-order valence-corrected chi connectivity index (χ0v) is 13.1. The molecule has 0 aliphatic heterocycles. The standard InChI is InChI=1S/C14H20N4OS/c1-5-11-8-15-14(20-11)9(3)16-12-7-13(19-6-2)18-10(4)17-12/h7-9H,5-6H2,1-4H3,(H,16,17,18). The third-order valence-electron chi connectivity index (χ3n) is 2.76. The number of hydrogen-bond donors (Lipinski definition) is 1. The summed E-state index contributed by atoms with van der Waals surface area (Å²) >= 11 is 1.73. The molecule has 6 heteroatoms. The number of nitrogens with one attached hydrogen (secondary N) is 1. The van der Waals surface area contributed by atoms with Crippen molar-refractivity contribution in [1.82, 2.24) is 15.0 Å². The molecule has 1 N–H and O–H groups in total. The lowest BCUT2D eigenvalue weighted by Gasteiger charge is -2.13. The van der Waals surface area contributed by atoms with Gasteiger partial charge in [0.1, 0.15) is 16.6 Å². The van der Waals surface area contributed by atoms with Gasteiger partial charge in [-0.25, -0.2) is 9.97 Å². The number of rotatable bonds is 6. The molecule has 0 amide bonds. The molecule has 0 saturated heterocycles. The van der Waals surface area contributed by atoms with Gasteiger partial charge < -0.3 is 10.1 Å². The Hall–Kier alpha value is -1.69. The summed E-state index contributed by atoms with van der Waals surface area (Å²) in [5, 5.41) is 4.42. The first kappa shape index (κ1) is 14.7. The van der Waals surface area contributed by atoms with Gasteiger partial charge >= 0.3 is 0 Å².